The Morgan fingerprint density at radius 2 is 1.78 bits per heavy atom. The number of carbonyl (C=O) groups excluding carboxylic acids is 2. The molecule has 0 fully saturated rings. The van der Waals surface area contributed by atoms with Crippen molar-refractivity contribution in [1.29, 1.82) is 0 Å². The summed E-state index contributed by atoms with van der Waals surface area (Å²) in [6.07, 6.45) is 0. The Morgan fingerprint density at radius 1 is 1.22 bits per heavy atom. The summed E-state index contributed by atoms with van der Waals surface area (Å²) < 4.78 is 0. The van der Waals surface area contributed by atoms with E-state index in [1.165, 1.54) is 11.9 Å². The number of primary amides is 1. The number of benzene rings is 1. The van der Waals surface area contributed by atoms with Crippen LogP contribution in [0.3, 0.4) is 0 Å². The van der Waals surface area contributed by atoms with Crippen molar-refractivity contribution < 1.29 is 9.59 Å². The van der Waals surface area contributed by atoms with Gasteiger partial charge in [-0.2, -0.15) is 0 Å². The molecule has 0 aliphatic carbocycles. The van der Waals surface area contributed by atoms with Crippen molar-refractivity contribution >= 4 is 11.9 Å². The summed E-state index contributed by atoms with van der Waals surface area (Å²) >= 11 is 0. The normalized spacial score (nSPS) is 11.7. The topological polar surface area (TPSA) is 66.6 Å². The minimum atomic E-state index is -0.607. The number of carbonyl (C=O) groups is 2. The zero-order valence-electron chi connectivity index (χ0n) is 11.0. The highest BCUT2D eigenvalue weighted by molar-refractivity contribution is 5.83. The Kier molecular flexibility index (Phi) is 4.71. The van der Waals surface area contributed by atoms with Crippen LogP contribution in [-0.4, -0.2) is 42.4 Å². The molecule has 0 saturated carbocycles. The first kappa shape index (κ1) is 14.0. The van der Waals surface area contributed by atoms with E-state index in [2.05, 4.69) is 0 Å². The number of nitrogens with two attached hydrogens (primary N) is 1. The molecule has 1 rings (SSSR count). The first-order chi connectivity index (χ1) is 8.43. The van der Waals surface area contributed by atoms with E-state index in [1.54, 1.807) is 11.9 Å². The SMILES string of the molecule is C[C@H](c1ccccc1)N(C)C(=O)CN(C)C(N)=O. The van der Waals surface area contributed by atoms with E-state index < -0.39 is 6.03 Å². The second kappa shape index (κ2) is 6.05. The van der Waals surface area contributed by atoms with Crippen LogP contribution >= 0.6 is 0 Å². The van der Waals surface area contributed by atoms with Crippen LogP contribution in [0.5, 0.6) is 0 Å². The minimum absolute atomic E-state index is 0.0109. The molecule has 0 aliphatic rings. The Bertz CT molecular complexity index is 420. The number of hydrogen-bond acceptors (Lipinski definition) is 2. The third-order valence-electron chi connectivity index (χ3n) is 3.00. The van der Waals surface area contributed by atoms with E-state index in [0.29, 0.717) is 0 Å². The molecule has 1 aromatic rings. The van der Waals surface area contributed by atoms with Gasteiger partial charge in [0.25, 0.3) is 0 Å². The molecule has 0 spiro atoms. The average Bonchev–Trinajstić information content (AvgIpc) is 2.37. The van der Waals surface area contributed by atoms with Crippen LogP contribution < -0.4 is 5.73 Å². The van der Waals surface area contributed by atoms with Crippen LogP contribution in [0, 0.1) is 0 Å². The monoisotopic (exact) mass is 249 g/mol. The molecule has 5 heteroatoms. The van der Waals surface area contributed by atoms with Gasteiger partial charge in [-0.15, -0.1) is 0 Å². The molecule has 98 valence electrons. The van der Waals surface area contributed by atoms with Gasteiger partial charge >= 0.3 is 6.03 Å². The molecule has 5 nitrogen and oxygen atoms in total. The fraction of sp³-hybridized carbons (Fsp3) is 0.385. The number of amides is 3. The van der Waals surface area contributed by atoms with Crippen molar-refractivity contribution in [3.63, 3.8) is 0 Å². The van der Waals surface area contributed by atoms with Gasteiger partial charge in [0, 0.05) is 14.1 Å². The largest absolute Gasteiger partial charge is 0.351 e. The maximum atomic E-state index is 11.9. The quantitative estimate of drug-likeness (QED) is 0.871. The van der Waals surface area contributed by atoms with Gasteiger partial charge in [-0.1, -0.05) is 30.3 Å². The van der Waals surface area contributed by atoms with Gasteiger partial charge in [-0.05, 0) is 12.5 Å². The predicted octanol–water partition coefficient (Wildman–Crippen LogP) is 1.22. The van der Waals surface area contributed by atoms with E-state index in [4.69, 9.17) is 5.73 Å². The summed E-state index contributed by atoms with van der Waals surface area (Å²) in [4.78, 5) is 25.6. The number of likely N-dealkylation sites (N-methyl/N-ethyl adjacent to an activating group) is 2. The van der Waals surface area contributed by atoms with Gasteiger partial charge in [-0.25, -0.2) is 4.79 Å². The van der Waals surface area contributed by atoms with Gasteiger partial charge in [0.1, 0.15) is 6.54 Å². The Hall–Kier alpha value is -2.04. The van der Waals surface area contributed by atoms with E-state index in [0.717, 1.165) is 5.56 Å². The Morgan fingerprint density at radius 3 is 2.28 bits per heavy atom. The highest BCUT2D eigenvalue weighted by atomic mass is 16.2. The van der Waals surface area contributed by atoms with Crippen molar-refractivity contribution in [2.24, 2.45) is 5.73 Å². The summed E-state index contributed by atoms with van der Waals surface area (Å²) in [6, 6.07) is 9.07. The lowest BCUT2D eigenvalue weighted by Crippen LogP contribution is -2.42. The summed E-state index contributed by atoms with van der Waals surface area (Å²) in [5.41, 5.74) is 6.14. The Balaban J connectivity index is 2.67. The summed E-state index contributed by atoms with van der Waals surface area (Å²) in [5.74, 6) is -0.146. The summed E-state index contributed by atoms with van der Waals surface area (Å²) in [7, 11) is 3.22. The van der Waals surface area contributed by atoms with Crippen molar-refractivity contribution in [2.75, 3.05) is 20.6 Å². The molecule has 0 bridgehead atoms. The van der Waals surface area contributed by atoms with E-state index in [9.17, 15) is 9.59 Å². The number of hydrogen-bond donors (Lipinski definition) is 1. The lowest BCUT2D eigenvalue weighted by molar-refractivity contribution is -0.132. The third-order valence-corrected chi connectivity index (χ3v) is 3.00. The van der Waals surface area contributed by atoms with Gasteiger partial charge in [0.2, 0.25) is 5.91 Å². The number of nitrogens with zero attached hydrogens (tertiary/aromatic N) is 2. The standard InChI is InChI=1S/C13H19N3O2/c1-10(11-7-5-4-6-8-11)16(3)12(17)9-15(2)13(14)18/h4-8,10H,9H2,1-3H3,(H2,14,18)/t10-/m1/s1. The van der Waals surface area contributed by atoms with Gasteiger partial charge < -0.3 is 15.5 Å². The van der Waals surface area contributed by atoms with Gasteiger partial charge in [0.15, 0.2) is 0 Å². The number of rotatable bonds is 4. The molecule has 1 atom stereocenters. The molecule has 0 aromatic heterocycles. The lowest BCUT2D eigenvalue weighted by Gasteiger charge is -2.27. The molecule has 1 aromatic carbocycles. The molecule has 0 unspecified atom stereocenters. The zero-order chi connectivity index (χ0) is 13.7. The fourth-order valence-electron chi connectivity index (χ4n) is 1.56. The molecule has 2 N–H and O–H groups in total. The molecular formula is C13H19N3O2. The average molecular weight is 249 g/mol. The van der Waals surface area contributed by atoms with Crippen molar-refractivity contribution in [3.8, 4) is 0 Å². The highest BCUT2D eigenvalue weighted by Crippen LogP contribution is 2.18. The zero-order valence-corrected chi connectivity index (χ0v) is 11.0. The second-order valence-corrected chi connectivity index (χ2v) is 4.29. The van der Waals surface area contributed by atoms with Crippen molar-refractivity contribution in [1.82, 2.24) is 9.80 Å². The maximum Gasteiger partial charge on any atom is 0.314 e. The summed E-state index contributed by atoms with van der Waals surface area (Å²) in [5, 5.41) is 0. The molecule has 0 saturated heterocycles. The smallest absolute Gasteiger partial charge is 0.314 e. The minimum Gasteiger partial charge on any atom is -0.351 e. The van der Waals surface area contributed by atoms with Crippen molar-refractivity contribution in [3.05, 3.63) is 35.9 Å². The molecular weight excluding hydrogens is 230 g/mol. The highest BCUT2D eigenvalue weighted by Gasteiger charge is 2.19. The molecule has 0 aliphatic heterocycles. The van der Waals surface area contributed by atoms with E-state index >= 15 is 0 Å². The number of urea groups is 1. The van der Waals surface area contributed by atoms with Crippen LogP contribution in [0.15, 0.2) is 30.3 Å². The van der Waals surface area contributed by atoms with Crippen LogP contribution in [0.4, 0.5) is 4.79 Å². The second-order valence-electron chi connectivity index (χ2n) is 4.29. The molecule has 18 heavy (non-hydrogen) atoms. The molecule has 3 amide bonds. The van der Waals surface area contributed by atoms with E-state index in [-0.39, 0.29) is 18.5 Å². The molecule has 0 radical (unpaired) electrons. The summed E-state index contributed by atoms with van der Waals surface area (Å²) in [6.45, 7) is 1.93. The van der Waals surface area contributed by atoms with Gasteiger partial charge in [0.05, 0.1) is 6.04 Å². The van der Waals surface area contributed by atoms with Crippen LogP contribution in [0.2, 0.25) is 0 Å². The first-order valence-corrected chi connectivity index (χ1v) is 5.74. The molecule has 0 heterocycles. The lowest BCUT2D eigenvalue weighted by atomic mass is 10.1. The Labute approximate surface area is 107 Å². The van der Waals surface area contributed by atoms with Crippen LogP contribution in [0.1, 0.15) is 18.5 Å². The predicted molar refractivity (Wildman–Crippen MR) is 69.8 cm³/mol. The van der Waals surface area contributed by atoms with E-state index in [1.807, 2.05) is 37.3 Å². The fourth-order valence-corrected chi connectivity index (χ4v) is 1.56. The van der Waals surface area contributed by atoms with Gasteiger partial charge in [-0.3, -0.25) is 4.79 Å². The maximum absolute atomic E-state index is 11.9. The third kappa shape index (κ3) is 3.48. The van der Waals surface area contributed by atoms with Crippen LogP contribution in [0.25, 0.3) is 0 Å². The first-order valence-electron chi connectivity index (χ1n) is 5.74. The van der Waals surface area contributed by atoms with Crippen LogP contribution in [-0.2, 0) is 4.79 Å². The van der Waals surface area contributed by atoms with Crippen molar-refractivity contribution in [2.45, 2.75) is 13.0 Å².